The summed E-state index contributed by atoms with van der Waals surface area (Å²) in [4.78, 5) is 25.0. The fourth-order valence-corrected chi connectivity index (χ4v) is 9.60. The van der Waals surface area contributed by atoms with Crippen LogP contribution in [0.3, 0.4) is 0 Å². The van der Waals surface area contributed by atoms with Gasteiger partial charge in [0.25, 0.3) is 0 Å². The standard InChI is InChI=1S/C44H64N2O9/c1-43-15-7-3-5-9-33(41(43)45)25-31-11-13-35(27-37(31)43)54-39(47)29-52-23-21-50-19-17-49-18-20-51-22-24-53-30-40(48)55-36-14-12-32-26-34-10-6-4-8-16-44(2,42(34)46)38(32)28-36/h11-14,27-28,33-34,41-42H,3-10,15-26,29-30,45-46H2,1-2H3/t33-,34?,41-,42-,43+,44+/m0/s1. The van der Waals surface area contributed by atoms with Crippen molar-refractivity contribution in [2.24, 2.45) is 23.3 Å². The highest BCUT2D eigenvalue weighted by Gasteiger charge is 2.45. The van der Waals surface area contributed by atoms with E-state index in [4.69, 9.17) is 44.6 Å². The Morgan fingerprint density at radius 1 is 0.564 bits per heavy atom. The van der Waals surface area contributed by atoms with E-state index in [0.717, 1.165) is 25.7 Å². The first-order valence-electron chi connectivity index (χ1n) is 20.8. The van der Waals surface area contributed by atoms with E-state index < -0.39 is 11.9 Å². The molecule has 2 aromatic rings. The summed E-state index contributed by atoms with van der Waals surface area (Å²) < 4.78 is 38.8. The van der Waals surface area contributed by atoms with Crippen LogP contribution in [0, 0.1) is 11.8 Å². The zero-order chi connectivity index (χ0) is 38.7. The molecule has 4 aliphatic rings. The second kappa shape index (κ2) is 20.0. The second-order valence-electron chi connectivity index (χ2n) is 16.5. The van der Waals surface area contributed by atoms with E-state index in [-0.39, 0.29) is 49.3 Å². The fraction of sp³-hybridized carbons (Fsp3) is 0.682. The highest BCUT2D eigenvalue weighted by molar-refractivity contribution is 5.74. The maximum atomic E-state index is 12.5. The Bertz CT molecular complexity index is 1460. The monoisotopic (exact) mass is 764 g/mol. The van der Waals surface area contributed by atoms with Crippen LogP contribution in [0.15, 0.2) is 36.4 Å². The molecule has 6 rings (SSSR count). The smallest absolute Gasteiger partial charge is 0.337 e. The minimum atomic E-state index is -0.438. The number of carbonyl (C=O) groups excluding carboxylic acids is 2. The first-order valence-corrected chi connectivity index (χ1v) is 20.8. The van der Waals surface area contributed by atoms with E-state index in [2.05, 4.69) is 26.0 Å². The molecule has 0 spiro atoms. The van der Waals surface area contributed by atoms with Gasteiger partial charge in [-0.05, 0) is 96.9 Å². The maximum absolute atomic E-state index is 12.5. The van der Waals surface area contributed by atoms with E-state index in [1.165, 1.54) is 73.6 Å². The molecule has 2 saturated carbocycles. The summed E-state index contributed by atoms with van der Waals surface area (Å²) in [5.74, 6) is 1.23. The molecule has 0 amide bonds. The molecular formula is C44H64N2O9. The molecule has 0 radical (unpaired) electrons. The first-order chi connectivity index (χ1) is 26.7. The van der Waals surface area contributed by atoms with Gasteiger partial charge >= 0.3 is 11.9 Å². The molecule has 11 nitrogen and oxygen atoms in total. The zero-order valence-corrected chi connectivity index (χ0v) is 33.2. The van der Waals surface area contributed by atoms with Crippen molar-refractivity contribution in [3.63, 3.8) is 0 Å². The Kier molecular flexibility index (Phi) is 15.2. The van der Waals surface area contributed by atoms with Crippen molar-refractivity contribution < 1.29 is 42.7 Å². The van der Waals surface area contributed by atoms with Crippen LogP contribution >= 0.6 is 0 Å². The highest BCUT2D eigenvalue weighted by Crippen LogP contribution is 2.48. The summed E-state index contributed by atoms with van der Waals surface area (Å²) in [6.45, 7) is 7.07. The Labute approximate surface area is 327 Å². The van der Waals surface area contributed by atoms with Crippen LogP contribution in [0.5, 0.6) is 11.5 Å². The molecule has 0 heterocycles. The van der Waals surface area contributed by atoms with Crippen molar-refractivity contribution in [2.75, 3.05) is 66.1 Å². The van der Waals surface area contributed by atoms with Crippen LogP contribution in [0.4, 0.5) is 0 Å². The molecule has 304 valence electrons. The van der Waals surface area contributed by atoms with Crippen molar-refractivity contribution in [3.05, 3.63) is 58.7 Å². The van der Waals surface area contributed by atoms with E-state index in [1.54, 1.807) is 0 Å². The lowest BCUT2D eigenvalue weighted by Gasteiger charge is -2.47. The van der Waals surface area contributed by atoms with Gasteiger partial charge in [-0.1, -0.05) is 64.5 Å². The molecule has 4 bridgehead atoms. The quantitative estimate of drug-likeness (QED) is 0.109. The van der Waals surface area contributed by atoms with E-state index >= 15 is 0 Å². The Morgan fingerprint density at radius 3 is 1.35 bits per heavy atom. The van der Waals surface area contributed by atoms with Gasteiger partial charge in [0, 0.05) is 22.9 Å². The van der Waals surface area contributed by atoms with Gasteiger partial charge in [0.05, 0.1) is 52.9 Å². The number of benzene rings is 2. The number of rotatable bonds is 18. The van der Waals surface area contributed by atoms with Gasteiger partial charge < -0.3 is 44.6 Å². The molecule has 0 aromatic heterocycles. The van der Waals surface area contributed by atoms with Gasteiger partial charge in [0.1, 0.15) is 24.7 Å². The lowest BCUT2D eigenvalue weighted by atomic mass is 9.60. The molecule has 4 aliphatic carbocycles. The number of fused-ring (bicyclic) bond motifs is 8. The minimum absolute atomic E-state index is 0.100. The SMILES string of the molecule is C[C@@]12CCCCCC(Cc3ccc(OC(=O)COCCOCCOCCOCCOCC(=O)Oc4ccc5c(c4)[C@@]4(C)CCCCC[C@@H](C5)[C@@H]4N)cc31)[C@@H]2N. The average Bonchev–Trinajstić information content (AvgIpc) is 3.17. The van der Waals surface area contributed by atoms with Crippen LogP contribution in [0.25, 0.3) is 0 Å². The molecule has 11 heteroatoms. The third kappa shape index (κ3) is 10.7. The van der Waals surface area contributed by atoms with Crippen molar-refractivity contribution in [2.45, 2.75) is 114 Å². The predicted octanol–water partition coefficient (Wildman–Crippen LogP) is 5.72. The van der Waals surface area contributed by atoms with E-state index in [0.29, 0.717) is 63.0 Å². The molecule has 55 heavy (non-hydrogen) atoms. The molecule has 0 aliphatic heterocycles. The second-order valence-corrected chi connectivity index (χ2v) is 16.5. The summed E-state index contributed by atoms with van der Waals surface area (Å²) in [6, 6.07) is 12.3. The number of hydrogen-bond acceptors (Lipinski definition) is 11. The normalized spacial score (nSPS) is 27.4. The summed E-state index contributed by atoms with van der Waals surface area (Å²) in [6.07, 6.45) is 13.8. The largest absolute Gasteiger partial charge is 0.425 e. The maximum Gasteiger partial charge on any atom is 0.337 e. The summed E-state index contributed by atoms with van der Waals surface area (Å²) in [5, 5.41) is 0. The third-order valence-electron chi connectivity index (χ3n) is 12.8. The van der Waals surface area contributed by atoms with Gasteiger partial charge in [0.2, 0.25) is 0 Å². The number of carbonyl (C=O) groups is 2. The lowest BCUT2D eigenvalue weighted by molar-refractivity contribution is -0.140. The van der Waals surface area contributed by atoms with E-state index in [9.17, 15) is 9.59 Å². The average molecular weight is 765 g/mol. The van der Waals surface area contributed by atoms with Crippen LogP contribution in [0.2, 0.25) is 0 Å². The van der Waals surface area contributed by atoms with Crippen LogP contribution in [0.1, 0.15) is 100 Å². The first kappa shape index (κ1) is 41.7. The Hall–Kier alpha value is -2.90. The molecule has 4 N–H and O–H groups in total. The van der Waals surface area contributed by atoms with Crippen molar-refractivity contribution in [3.8, 4) is 11.5 Å². The lowest BCUT2D eigenvalue weighted by Crippen LogP contribution is -2.52. The molecule has 2 aromatic carbocycles. The van der Waals surface area contributed by atoms with Gasteiger partial charge in [-0.2, -0.15) is 0 Å². The molecule has 1 unspecified atom stereocenters. The van der Waals surface area contributed by atoms with Crippen LogP contribution < -0.4 is 20.9 Å². The van der Waals surface area contributed by atoms with Crippen molar-refractivity contribution in [1.82, 2.24) is 0 Å². The van der Waals surface area contributed by atoms with Gasteiger partial charge in [-0.15, -0.1) is 0 Å². The highest BCUT2D eigenvalue weighted by atomic mass is 16.6. The van der Waals surface area contributed by atoms with Crippen LogP contribution in [-0.4, -0.2) is 90.1 Å². The number of hydrogen-bond donors (Lipinski definition) is 2. The minimum Gasteiger partial charge on any atom is -0.425 e. The van der Waals surface area contributed by atoms with E-state index in [1.807, 2.05) is 24.3 Å². The summed E-state index contributed by atoms with van der Waals surface area (Å²) in [5.41, 5.74) is 18.5. The number of nitrogens with two attached hydrogens (primary N) is 2. The molecule has 2 fully saturated rings. The number of ether oxygens (including phenoxy) is 7. The van der Waals surface area contributed by atoms with Crippen LogP contribution in [-0.2, 0) is 56.9 Å². The number of esters is 2. The van der Waals surface area contributed by atoms with Crippen molar-refractivity contribution >= 4 is 11.9 Å². The Balaban J connectivity index is 0.758. The summed E-state index contributed by atoms with van der Waals surface area (Å²) >= 11 is 0. The fourth-order valence-electron chi connectivity index (χ4n) is 9.60. The van der Waals surface area contributed by atoms with Gasteiger partial charge in [-0.25, -0.2) is 9.59 Å². The molecule has 0 saturated heterocycles. The molecular weight excluding hydrogens is 700 g/mol. The Morgan fingerprint density at radius 2 is 0.945 bits per heavy atom. The van der Waals surface area contributed by atoms with Crippen molar-refractivity contribution in [1.29, 1.82) is 0 Å². The molecule has 6 atom stereocenters. The van der Waals surface area contributed by atoms with Gasteiger partial charge in [-0.3, -0.25) is 0 Å². The third-order valence-corrected chi connectivity index (χ3v) is 12.8. The predicted molar refractivity (Wildman–Crippen MR) is 209 cm³/mol. The summed E-state index contributed by atoms with van der Waals surface area (Å²) in [7, 11) is 0. The zero-order valence-electron chi connectivity index (χ0n) is 33.2. The van der Waals surface area contributed by atoms with Gasteiger partial charge in [0.15, 0.2) is 0 Å². The topological polar surface area (TPSA) is 151 Å².